The number of rotatable bonds is 3. The van der Waals surface area contributed by atoms with Crippen molar-refractivity contribution in [2.24, 2.45) is 0 Å². The number of amides is 1. The van der Waals surface area contributed by atoms with Gasteiger partial charge in [0.25, 0.3) is 11.5 Å². The van der Waals surface area contributed by atoms with Crippen molar-refractivity contribution in [1.29, 1.82) is 0 Å². The smallest absolute Gasteiger partial charge is 0.272 e. The van der Waals surface area contributed by atoms with Gasteiger partial charge < -0.3 is 9.47 Å². The van der Waals surface area contributed by atoms with Crippen molar-refractivity contribution in [2.45, 2.75) is 32.9 Å². The summed E-state index contributed by atoms with van der Waals surface area (Å²) in [6.07, 6.45) is 0.686. The fourth-order valence-corrected chi connectivity index (χ4v) is 6.12. The standard InChI is InChI=1S/C20H26N4O4S/c1-3-24-18-5-4-15(12-17(18)21-14(2)19(24)25)20(26)23-9-7-22(8-10-23)16-6-11-29(27,28)13-16/h4-5,12,16H,3,6-11,13H2,1-2H3/t16-/m0/s1. The molecule has 2 fully saturated rings. The van der Waals surface area contributed by atoms with Gasteiger partial charge in [-0.25, -0.2) is 13.4 Å². The molecule has 1 aromatic carbocycles. The zero-order valence-electron chi connectivity index (χ0n) is 16.8. The number of piperazine rings is 1. The van der Waals surface area contributed by atoms with Gasteiger partial charge in [0.05, 0.1) is 22.5 Å². The topological polar surface area (TPSA) is 92.6 Å². The van der Waals surface area contributed by atoms with Crippen LogP contribution in [0.3, 0.4) is 0 Å². The van der Waals surface area contributed by atoms with E-state index in [0.29, 0.717) is 55.9 Å². The maximum Gasteiger partial charge on any atom is 0.272 e. The van der Waals surface area contributed by atoms with Crippen molar-refractivity contribution in [2.75, 3.05) is 37.7 Å². The largest absolute Gasteiger partial charge is 0.336 e. The molecule has 2 aliphatic heterocycles. The van der Waals surface area contributed by atoms with E-state index in [0.717, 1.165) is 5.52 Å². The summed E-state index contributed by atoms with van der Waals surface area (Å²) in [5.74, 6) is 0.443. The fraction of sp³-hybridized carbons (Fsp3) is 0.550. The van der Waals surface area contributed by atoms with E-state index >= 15 is 0 Å². The third kappa shape index (κ3) is 3.81. The molecule has 2 aliphatic rings. The molecule has 2 aromatic rings. The average molecular weight is 419 g/mol. The van der Waals surface area contributed by atoms with Crippen LogP contribution < -0.4 is 5.56 Å². The normalized spacial score (nSPS) is 22.3. The summed E-state index contributed by atoms with van der Waals surface area (Å²) in [6.45, 7) is 6.67. The molecule has 156 valence electrons. The van der Waals surface area contributed by atoms with Crippen LogP contribution in [0.2, 0.25) is 0 Å². The molecule has 0 saturated carbocycles. The number of aromatic nitrogens is 2. The third-order valence-corrected chi connectivity index (χ3v) is 7.75. The quantitative estimate of drug-likeness (QED) is 0.728. The van der Waals surface area contributed by atoms with Crippen LogP contribution in [-0.4, -0.2) is 77.4 Å². The molecule has 1 amide bonds. The van der Waals surface area contributed by atoms with Gasteiger partial charge in [-0.1, -0.05) is 0 Å². The highest BCUT2D eigenvalue weighted by Gasteiger charge is 2.34. The Morgan fingerprint density at radius 1 is 1.21 bits per heavy atom. The molecule has 29 heavy (non-hydrogen) atoms. The van der Waals surface area contributed by atoms with E-state index < -0.39 is 9.84 Å². The van der Waals surface area contributed by atoms with Crippen LogP contribution in [0.1, 0.15) is 29.4 Å². The number of fused-ring (bicyclic) bond motifs is 1. The average Bonchev–Trinajstić information content (AvgIpc) is 3.08. The van der Waals surface area contributed by atoms with Crippen LogP contribution in [0.4, 0.5) is 0 Å². The lowest BCUT2D eigenvalue weighted by atomic mass is 10.1. The zero-order valence-corrected chi connectivity index (χ0v) is 17.6. The lowest BCUT2D eigenvalue weighted by Crippen LogP contribution is -2.52. The number of nitrogens with zero attached hydrogens (tertiary/aromatic N) is 4. The van der Waals surface area contributed by atoms with Gasteiger partial charge in [0.2, 0.25) is 0 Å². The predicted octanol–water partition coefficient (Wildman–Crippen LogP) is 0.670. The van der Waals surface area contributed by atoms with Gasteiger partial charge in [-0.15, -0.1) is 0 Å². The summed E-state index contributed by atoms with van der Waals surface area (Å²) in [5, 5.41) is 0. The molecule has 4 rings (SSSR count). The maximum absolute atomic E-state index is 13.0. The summed E-state index contributed by atoms with van der Waals surface area (Å²) in [4.78, 5) is 33.6. The number of hydrogen-bond donors (Lipinski definition) is 0. The Balaban J connectivity index is 1.50. The van der Waals surface area contributed by atoms with E-state index in [9.17, 15) is 18.0 Å². The summed E-state index contributed by atoms with van der Waals surface area (Å²) in [7, 11) is -2.90. The first-order valence-electron chi connectivity index (χ1n) is 10.0. The molecule has 2 saturated heterocycles. The van der Waals surface area contributed by atoms with Gasteiger partial charge in [0, 0.05) is 44.3 Å². The summed E-state index contributed by atoms with van der Waals surface area (Å²) in [6, 6.07) is 5.38. The van der Waals surface area contributed by atoms with Crippen LogP contribution in [0.15, 0.2) is 23.0 Å². The summed E-state index contributed by atoms with van der Waals surface area (Å²) < 4.78 is 25.1. The van der Waals surface area contributed by atoms with Crippen LogP contribution in [0, 0.1) is 6.92 Å². The molecule has 1 aromatic heterocycles. The van der Waals surface area contributed by atoms with E-state index in [1.807, 2.05) is 11.8 Å². The van der Waals surface area contributed by atoms with Crippen molar-refractivity contribution in [1.82, 2.24) is 19.4 Å². The molecule has 0 unspecified atom stereocenters. The Morgan fingerprint density at radius 2 is 1.93 bits per heavy atom. The fourth-order valence-electron chi connectivity index (χ4n) is 4.36. The highest BCUT2D eigenvalue weighted by atomic mass is 32.2. The van der Waals surface area contributed by atoms with E-state index in [2.05, 4.69) is 9.88 Å². The second kappa shape index (κ2) is 7.53. The number of carbonyl (C=O) groups is 1. The van der Waals surface area contributed by atoms with Crippen LogP contribution in [0.25, 0.3) is 11.0 Å². The highest BCUT2D eigenvalue weighted by molar-refractivity contribution is 7.91. The number of aryl methyl sites for hydroxylation is 2. The zero-order chi connectivity index (χ0) is 20.8. The van der Waals surface area contributed by atoms with Crippen molar-refractivity contribution in [3.63, 3.8) is 0 Å². The van der Waals surface area contributed by atoms with Crippen LogP contribution in [-0.2, 0) is 16.4 Å². The molecule has 9 heteroatoms. The monoisotopic (exact) mass is 418 g/mol. The van der Waals surface area contributed by atoms with Gasteiger partial charge in [0.1, 0.15) is 5.69 Å². The molecular weight excluding hydrogens is 392 g/mol. The first-order valence-corrected chi connectivity index (χ1v) is 11.9. The molecule has 0 bridgehead atoms. The minimum atomic E-state index is -2.90. The second-order valence-corrected chi connectivity index (χ2v) is 10.1. The number of carbonyl (C=O) groups excluding carboxylic acids is 1. The minimum Gasteiger partial charge on any atom is -0.336 e. The van der Waals surface area contributed by atoms with Gasteiger partial charge >= 0.3 is 0 Å². The predicted molar refractivity (Wildman–Crippen MR) is 111 cm³/mol. The molecule has 0 N–H and O–H groups in total. The van der Waals surface area contributed by atoms with Gasteiger partial charge in [-0.2, -0.15) is 0 Å². The van der Waals surface area contributed by atoms with E-state index in [-0.39, 0.29) is 29.0 Å². The lowest BCUT2D eigenvalue weighted by Gasteiger charge is -2.37. The first-order chi connectivity index (χ1) is 13.8. The van der Waals surface area contributed by atoms with Crippen molar-refractivity contribution < 1.29 is 13.2 Å². The Labute approximate surface area is 170 Å². The van der Waals surface area contributed by atoms with E-state index in [4.69, 9.17) is 0 Å². The van der Waals surface area contributed by atoms with Gasteiger partial charge in [-0.05, 0) is 38.5 Å². The van der Waals surface area contributed by atoms with E-state index in [1.165, 1.54) is 0 Å². The van der Waals surface area contributed by atoms with Gasteiger partial charge in [0.15, 0.2) is 9.84 Å². The molecular formula is C20H26N4O4S. The molecule has 3 heterocycles. The maximum atomic E-state index is 13.0. The lowest BCUT2D eigenvalue weighted by molar-refractivity contribution is 0.0588. The number of hydrogen-bond acceptors (Lipinski definition) is 6. The third-order valence-electron chi connectivity index (χ3n) is 6.00. The molecule has 0 aliphatic carbocycles. The Bertz CT molecular complexity index is 1120. The Morgan fingerprint density at radius 3 is 2.55 bits per heavy atom. The second-order valence-electron chi connectivity index (χ2n) is 7.84. The first kappa shape index (κ1) is 20.0. The number of sulfone groups is 1. The summed E-state index contributed by atoms with van der Waals surface area (Å²) in [5.41, 5.74) is 2.24. The van der Waals surface area contributed by atoms with Crippen molar-refractivity contribution in [3.05, 3.63) is 39.8 Å². The Kier molecular flexibility index (Phi) is 5.20. The van der Waals surface area contributed by atoms with E-state index in [1.54, 1.807) is 29.7 Å². The molecule has 0 spiro atoms. The minimum absolute atomic E-state index is 0.0562. The highest BCUT2D eigenvalue weighted by Crippen LogP contribution is 2.21. The van der Waals surface area contributed by atoms with Gasteiger partial charge in [-0.3, -0.25) is 14.5 Å². The van der Waals surface area contributed by atoms with Crippen molar-refractivity contribution >= 4 is 26.8 Å². The Hall–Kier alpha value is -2.26. The SMILES string of the molecule is CCn1c(=O)c(C)nc2cc(C(=O)N3CCN([C@H]4CCS(=O)(=O)C4)CC3)ccc21. The number of benzene rings is 1. The summed E-state index contributed by atoms with van der Waals surface area (Å²) >= 11 is 0. The molecule has 0 radical (unpaired) electrons. The van der Waals surface area contributed by atoms with Crippen LogP contribution >= 0.6 is 0 Å². The van der Waals surface area contributed by atoms with Crippen LogP contribution in [0.5, 0.6) is 0 Å². The molecule has 1 atom stereocenters. The van der Waals surface area contributed by atoms with Crippen molar-refractivity contribution in [3.8, 4) is 0 Å². The molecule has 8 nitrogen and oxygen atoms in total.